The first-order valence-corrected chi connectivity index (χ1v) is 6.85. The fourth-order valence-electron chi connectivity index (χ4n) is 2.06. The summed E-state index contributed by atoms with van der Waals surface area (Å²) in [6, 6.07) is 5.83. The molecule has 0 fully saturated rings. The van der Waals surface area contributed by atoms with Gasteiger partial charge in [0.05, 0.1) is 13.2 Å². The van der Waals surface area contributed by atoms with Crippen molar-refractivity contribution in [2.45, 2.75) is 25.9 Å². The van der Waals surface area contributed by atoms with Gasteiger partial charge >= 0.3 is 0 Å². The lowest BCUT2D eigenvalue weighted by Crippen LogP contribution is -2.17. The largest absolute Gasteiger partial charge is 0.496 e. The Morgan fingerprint density at radius 3 is 2.67 bits per heavy atom. The lowest BCUT2D eigenvalue weighted by Gasteiger charge is -2.17. The van der Waals surface area contributed by atoms with Crippen molar-refractivity contribution in [3.63, 3.8) is 0 Å². The molecule has 2 atom stereocenters. The van der Waals surface area contributed by atoms with Crippen LogP contribution < -0.4 is 4.74 Å². The van der Waals surface area contributed by atoms with E-state index >= 15 is 0 Å². The van der Waals surface area contributed by atoms with E-state index in [-0.39, 0.29) is 6.10 Å². The molecule has 1 aromatic rings. The van der Waals surface area contributed by atoms with Crippen molar-refractivity contribution in [2.75, 3.05) is 20.8 Å². The maximum Gasteiger partial charge on any atom is 0.122 e. The smallest absolute Gasteiger partial charge is 0.122 e. The second-order valence-electron chi connectivity index (χ2n) is 4.61. The van der Waals surface area contributed by atoms with Crippen LogP contribution in [0, 0.1) is 5.92 Å². The zero-order valence-electron chi connectivity index (χ0n) is 11.1. The first kappa shape index (κ1) is 15.5. The van der Waals surface area contributed by atoms with Gasteiger partial charge in [0.1, 0.15) is 5.75 Å². The Balaban J connectivity index is 2.63. The van der Waals surface area contributed by atoms with Gasteiger partial charge in [-0.1, -0.05) is 22.9 Å². The van der Waals surface area contributed by atoms with Crippen LogP contribution in [0.3, 0.4) is 0 Å². The molecule has 3 nitrogen and oxygen atoms in total. The van der Waals surface area contributed by atoms with Gasteiger partial charge in [-0.05, 0) is 36.1 Å². The third kappa shape index (κ3) is 4.96. The summed E-state index contributed by atoms with van der Waals surface area (Å²) in [4.78, 5) is 0. The van der Waals surface area contributed by atoms with Crippen LogP contribution in [0.25, 0.3) is 0 Å². The molecule has 102 valence electrons. The summed E-state index contributed by atoms with van der Waals surface area (Å²) in [5.41, 5.74) is 1.02. The summed E-state index contributed by atoms with van der Waals surface area (Å²) < 4.78 is 11.4. The third-order valence-corrected chi connectivity index (χ3v) is 3.32. The van der Waals surface area contributed by atoms with Gasteiger partial charge in [-0.25, -0.2) is 0 Å². The second kappa shape index (κ2) is 7.77. The van der Waals surface area contributed by atoms with Crippen molar-refractivity contribution < 1.29 is 14.6 Å². The van der Waals surface area contributed by atoms with Gasteiger partial charge < -0.3 is 14.6 Å². The highest BCUT2D eigenvalue weighted by Gasteiger charge is 2.14. The number of aliphatic hydroxyl groups is 1. The molecule has 0 aliphatic carbocycles. The minimum atomic E-state index is -0.377. The van der Waals surface area contributed by atoms with Crippen LogP contribution in [0.15, 0.2) is 22.7 Å². The lowest BCUT2D eigenvalue weighted by molar-refractivity contribution is 0.101. The van der Waals surface area contributed by atoms with Crippen LogP contribution in [0.1, 0.15) is 18.9 Å². The highest BCUT2D eigenvalue weighted by atomic mass is 79.9. The second-order valence-corrected chi connectivity index (χ2v) is 5.53. The molecule has 0 aliphatic heterocycles. The summed E-state index contributed by atoms with van der Waals surface area (Å²) in [7, 11) is 3.33. The maximum atomic E-state index is 10.1. The molecule has 1 rings (SSSR count). The predicted molar refractivity (Wildman–Crippen MR) is 76.1 cm³/mol. The van der Waals surface area contributed by atoms with E-state index in [1.807, 2.05) is 18.2 Å². The van der Waals surface area contributed by atoms with E-state index in [0.717, 1.165) is 22.2 Å². The molecule has 2 unspecified atom stereocenters. The zero-order valence-corrected chi connectivity index (χ0v) is 12.7. The Kier molecular flexibility index (Phi) is 6.68. The van der Waals surface area contributed by atoms with Crippen molar-refractivity contribution in [3.8, 4) is 5.75 Å². The normalized spacial score (nSPS) is 14.3. The van der Waals surface area contributed by atoms with Gasteiger partial charge in [0.25, 0.3) is 0 Å². The van der Waals surface area contributed by atoms with Crippen molar-refractivity contribution in [1.82, 2.24) is 0 Å². The quantitative estimate of drug-likeness (QED) is 0.840. The molecule has 0 heterocycles. The first-order chi connectivity index (χ1) is 8.56. The highest BCUT2D eigenvalue weighted by Crippen LogP contribution is 2.25. The van der Waals surface area contributed by atoms with Gasteiger partial charge in [0, 0.05) is 24.6 Å². The predicted octanol–water partition coefficient (Wildman–Crippen LogP) is 3.03. The van der Waals surface area contributed by atoms with Gasteiger partial charge in [-0.2, -0.15) is 0 Å². The number of rotatable bonds is 7. The average Bonchev–Trinajstić information content (AvgIpc) is 2.29. The number of halogens is 1. The molecular weight excluding hydrogens is 296 g/mol. The van der Waals surface area contributed by atoms with Crippen molar-refractivity contribution in [3.05, 3.63) is 28.2 Å². The van der Waals surface area contributed by atoms with E-state index in [2.05, 4.69) is 22.9 Å². The SMILES string of the molecule is COCC(C)CC(O)Cc1cc(Br)ccc1OC. The summed E-state index contributed by atoms with van der Waals surface area (Å²) in [6.07, 6.45) is 0.943. The lowest BCUT2D eigenvalue weighted by atomic mass is 9.98. The molecule has 0 saturated carbocycles. The fourth-order valence-corrected chi connectivity index (χ4v) is 2.47. The summed E-state index contributed by atoms with van der Waals surface area (Å²) in [5, 5.41) is 10.1. The Bertz CT molecular complexity index is 368. The van der Waals surface area contributed by atoms with E-state index < -0.39 is 0 Å². The number of benzene rings is 1. The Morgan fingerprint density at radius 2 is 2.06 bits per heavy atom. The molecule has 0 bridgehead atoms. The van der Waals surface area contributed by atoms with Crippen LogP contribution >= 0.6 is 15.9 Å². The number of aliphatic hydroxyl groups excluding tert-OH is 1. The molecule has 0 amide bonds. The number of methoxy groups -OCH3 is 2. The highest BCUT2D eigenvalue weighted by molar-refractivity contribution is 9.10. The van der Waals surface area contributed by atoms with Crippen molar-refractivity contribution in [1.29, 1.82) is 0 Å². The van der Waals surface area contributed by atoms with E-state index in [4.69, 9.17) is 9.47 Å². The molecular formula is C14H21BrO3. The number of hydrogen-bond acceptors (Lipinski definition) is 3. The van der Waals surface area contributed by atoms with E-state index in [1.54, 1.807) is 14.2 Å². The van der Waals surface area contributed by atoms with Crippen molar-refractivity contribution >= 4 is 15.9 Å². The Labute approximate surface area is 117 Å². The molecule has 0 radical (unpaired) electrons. The first-order valence-electron chi connectivity index (χ1n) is 6.06. The third-order valence-electron chi connectivity index (χ3n) is 2.82. The Hall–Kier alpha value is -0.580. The minimum Gasteiger partial charge on any atom is -0.496 e. The van der Waals surface area contributed by atoms with E-state index in [1.165, 1.54) is 0 Å². The summed E-state index contributed by atoms with van der Waals surface area (Å²) in [5.74, 6) is 1.17. The Morgan fingerprint density at radius 1 is 1.33 bits per heavy atom. The maximum absolute atomic E-state index is 10.1. The standard InChI is InChI=1S/C14H21BrO3/c1-10(9-17-2)6-13(16)8-11-7-12(15)4-5-14(11)18-3/h4-5,7,10,13,16H,6,8-9H2,1-3H3. The number of ether oxygens (including phenoxy) is 2. The van der Waals surface area contributed by atoms with Crippen LogP contribution in [-0.2, 0) is 11.2 Å². The number of hydrogen-bond donors (Lipinski definition) is 1. The van der Waals surface area contributed by atoms with E-state index in [0.29, 0.717) is 18.9 Å². The van der Waals surface area contributed by atoms with Gasteiger partial charge in [0.15, 0.2) is 0 Å². The van der Waals surface area contributed by atoms with Crippen molar-refractivity contribution in [2.24, 2.45) is 5.92 Å². The molecule has 1 N–H and O–H groups in total. The molecule has 18 heavy (non-hydrogen) atoms. The van der Waals surface area contributed by atoms with Gasteiger partial charge in [0.2, 0.25) is 0 Å². The average molecular weight is 317 g/mol. The molecule has 0 spiro atoms. The van der Waals surface area contributed by atoms with Gasteiger partial charge in [-0.3, -0.25) is 0 Å². The van der Waals surface area contributed by atoms with E-state index in [9.17, 15) is 5.11 Å². The zero-order chi connectivity index (χ0) is 13.5. The molecule has 4 heteroatoms. The summed E-state index contributed by atoms with van der Waals surface area (Å²) in [6.45, 7) is 2.75. The molecule has 0 aliphatic rings. The minimum absolute atomic E-state index is 0.350. The fraction of sp³-hybridized carbons (Fsp3) is 0.571. The van der Waals surface area contributed by atoms with Crippen LogP contribution in [0.4, 0.5) is 0 Å². The monoisotopic (exact) mass is 316 g/mol. The molecule has 0 saturated heterocycles. The molecule has 1 aromatic carbocycles. The van der Waals surface area contributed by atoms with Crippen LogP contribution in [0.5, 0.6) is 5.75 Å². The van der Waals surface area contributed by atoms with Gasteiger partial charge in [-0.15, -0.1) is 0 Å². The van der Waals surface area contributed by atoms with Crippen LogP contribution in [-0.4, -0.2) is 32.0 Å². The molecule has 0 aromatic heterocycles. The topological polar surface area (TPSA) is 38.7 Å². The van der Waals surface area contributed by atoms with Crippen LogP contribution in [0.2, 0.25) is 0 Å². The summed E-state index contributed by atoms with van der Waals surface area (Å²) >= 11 is 3.43.